The van der Waals surface area contributed by atoms with Crippen molar-refractivity contribution in [3.05, 3.63) is 35.4 Å². The van der Waals surface area contributed by atoms with Crippen molar-refractivity contribution in [2.75, 3.05) is 13.3 Å². The maximum atomic E-state index is 12.4. The molecule has 26 heavy (non-hydrogen) atoms. The Morgan fingerprint density at radius 2 is 2.19 bits per heavy atom. The number of fused-ring (bicyclic) bond motifs is 1. The first kappa shape index (κ1) is 18.9. The maximum Gasteiger partial charge on any atom is 0.314 e. The van der Waals surface area contributed by atoms with Gasteiger partial charge in [-0.05, 0) is 50.2 Å². The van der Waals surface area contributed by atoms with Gasteiger partial charge in [0.05, 0.1) is 12.0 Å². The summed E-state index contributed by atoms with van der Waals surface area (Å²) in [6, 6.07) is 8.76. The third kappa shape index (κ3) is 3.79. The van der Waals surface area contributed by atoms with E-state index in [9.17, 15) is 4.79 Å². The highest BCUT2D eigenvalue weighted by Crippen LogP contribution is 2.45. The summed E-state index contributed by atoms with van der Waals surface area (Å²) < 4.78 is 11.4. The summed E-state index contributed by atoms with van der Waals surface area (Å²) >= 11 is 0. The van der Waals surface area contributed by atoms with Gasteiger partial charge in [0, 0.05) is 6.04 Å². The summed E-state index contributed by atoms with van der Waals surface area (Å²) in [7, 11) is 0. The van der Waals surface area contributed by atoms with Gasteiger partial charge in [-0.15, -0.1) is 6.42 Å². The van der Waals surface area contributed by atoms with Gasteiger partial charge >= 0.3 is 5.97 Å². The zero-order valence-electron chi connectivity index (χ0n) is 15.9. The molecule has 2 aliphatic rings. The third-order valence-corrected chi connectivity index (χ3v) is 6.00. The van der Waals surface area contributed by atoms with E-state index in [2.05, 4.69) is 42.0 Å². The number of rotatable bonds is 8. The van der Waals surface area contributed by atoms with E-state index in [0.29, 0.717) is 13.3 Å². The van der Waals surface area contributed by atoms with E-state index in [1.165, 1.54) is 11.1 Å². The zero-order chi connectivity index (χ0) is 18.6. The molecule has 2 unspecified atom stereocenters. The highest BCUT2D eigenvalue weighted by molar-refractivity contribution is 5.77. The van der Waals surface area contributed by atoms with E-state index < -0.39 is 6.29 Å². The Hall–Kier alpha value is -1.83. The molecule has 1 saturated carbocycles. The number of nitrogens with zero attached hydrogens (tertiary/aromatic N) is 1. The third-order valence-electron chi connectivity index (χ3n) is 6.00. The van der Waals surface area contributed by atoms with Gasteiger partial charge in [-0.2, -0.15) is 0 Å². The van der Waals surface area contributed by atoms with Crippen molar-refractivity contribution >= 4 is 5.97 Å². The topological polar surface area (TPSA) is 38.8 Å². The van der Waals surface area contributed by atoms with Gasteiger partial charge in [0.15, 0.2) is 0 Å². The highest BCUT2D eigenvalue weighted by atomic mass is 16.7. The average molecular weight is 355 g/mol. The quantitative estimate of drug-likeness (QED) is 0.401. The molecular weight excluding hydrogens is 326 g/mol. The fraction of sp³-hybridized carbons (Fsp3) is 0.591. The van der Waals surface area contributed by atoms with E-state index in [1.54, 1.807) is 6.92 Å². The molecule has 0 aromatic heterocycles. The Morgan fingerprint density at radius 1 is 1.42 bits per heavy atom. The minimum absolute atomic E-state index is 0.117. The number of terminal acetylenes is 1. The molecule has 2 atom stereocenters. The van der Waals surface area contributed by atoms with Crippen LogP contribution in [-0.2, 0) is 20.7 Å². The number of carbonyl (C=O) groups is 1. The number of carbonyl (C=O) groups excluding carboxylic acids is 1. The fourth-order valence-electron chi connectivity index (χ4n) is 4.09. The predicted octanol–water partition coefficient (Wildman–Crippen LogP) is 4.05. The Labute approximate surface area is 156 Å². The van der Waals surface area contributed by atoms with E-state index in [0.717, 1.165) is 38.5 Å². The largest absolute Gasteiger partial charge is 0.436 e. The maximum absolute atomic E-state index is 12.4. The number of hydrogen-bond acceptors (Lipinski definition) is 4. The lowest BCUT2D eigenvalue weighted by Crippen LogP contribution is -2.41. The molecule has 0 saturated heterocycles. The van der Waals surface area contributed by atoms with Crippen molar-refractivity contribution in [3.63, 3.8) is 0 Å². The molecule has 0 radical (unpaired) electrons. The molecule has 1 fully saturated rings. The normalized spacial score (nSPS) is 21.5. The molecule has 1 aromatic carbocycles. The van der Waals surface area contributed by atoms with Crippen LogP contribution in [0.3, 0.4) is 0 Å². The molecular formula is C22H29NO3. The second-order valence-corrected chi connectivity index (χ2v) is 7.46. The Balaban J connectivity index is 1.56. The van der Waals surface area contributed by atoms with Crippen LogP contribution in [0.5, 0.6) is 0 Å². The van der Waals surface area contributed by atoms with Crippen molar-refractivity contribution in [1.82, 2.24) is 4.90 Å². The SMILES string of the molecule is C#CCN(COC(C)OC(=O)C1(CC)CCC1)C1CCc2ccccc21. The standard InChI is InChI=1S/C22H29NO3/c1-4-15-23(20-12-11-18-9-6-7-10-19(18)20)16-25-17(3)26-21(24)22(5-2)13-8-14-22/h1,6-7,9-10,17,20H,5,8,11-16H2,2-3H3. The molecule has 4 nitrogen and oxygen atoms in total. The summed E-state index contributed by atoms with van der Waals surface area (Å²) in [4.78, 5) is 14.6. The van der Waals surface area contributed by atoms with E-state index >= 15 is 0 Å². The van der Waals surface area contributed by atoms with E-state index in [-0.39, 0.29) is 17.4 Å². The monoisotopic (exact) mass is 355 g/mol. The molecule has 1 aromatic rings. The lowest BCUT2D eigenvalue weighted by atomic mass is 9.67. The molecule has 2 aliphatic carbocycles. The number of hydrogen-bond donors (Lipinski definition) is 0. The van der Waals surface area contributed by atoms with Crippen LogP contribution in [0.25, 0.3) is 0 Å². The van der Waals surface area contributed by atoms with Crippen LogP contribution in [0.4, 0.5) is 0 Å². The van der Waals surface area contributed by atoms with Crippen LogP contribution in [0.1, 0.15) is 63.1 Å². The molecule has 0 N–H and O–H groups in total. The summed E-state index contributed by atoms with van der Waals surface area (Å²) in [6.45, 7) is 4.71. The van der Waals surface area contributed by atoms with Crippen molar-refractivity contribution in [2.24, 2.45) is 5.41 Å². The van der Waals surface area contributed by atoms with Crippen LogP contribution in [0, 0.1) is 17.8 Å². The second-order valence-electron chi connectivity index (χ2n) is 7.46. The van der Waals surface area contributed by atoms with Gasteiger partial charge in [0.1, 0.15) is 6.73 Å². The van der Waals surface area contributed by atoms with Gasteiger partial charge < -0.3 is 9.47 Å². The first-order chi connectivity index (χ1) is 12.6. The van der Waals surface area contributed by atoms with Gasteiger partial charge in [-0.25, -0.2) is 0 Å². The van der Waals surface area contributed by atoms with Crippen molar-refractivity contribution in [1.29, 1.82) is 0 Å². The summed E-state index contributed by atoms with van der Waals surface area (Å²) in [5.41, 5.74) is 2.44. The molecule has 0 amide bonds. The molecule has 4 heteroatoms. The van der Waals surface area contributed by atoms with Crippen LogP contribution in [0.2, 0.25) is 0 Å². The number of benzene rings is 1. The van der Waals surface area contributed by atoms with Gasteiger partial charge in [0.2, 0.25) is 6.29 Å². The number of aryl methyl sites for hydroxylation is 1. The highest BCUT2D eigenvalue weighted by Gasteiger charge is 2.44. The van der Waals surface area contributed by atoms with E-state index in [4.69, 9.17) is 15.9 Å². The summed E-state index contributed by atoms with van der Waals surface area (Å²) in [5, 5.41) is 0. The van der Waals surface area contributed by atoms with Gasteiger partial charge in [-0.1, -0.05) is 43.5 Å². The molecule has 0 aliphatic heterocycles. The summed E-state index contributed by atoms with van der Waals surface area (Å²) in [6.07, 6.45) is 10.9. The summed E-state index contributed by atoms with van der Waals surface area (Å²) in [5.74, 6) is 2.61. The lowest BCUT2D eigenvalue weighted by Gasteiger charge is -2.39. The Kier molecular flexibility index (Phi) is 6.01. The molecule has 0 bridgehead atoms. The first-order valence-electron chi connectivity index (χ1n) is 9.67. The average Bonchev–Trinajstić information content (AvgIpc) is 3.02. The Bertz CT molecular complexity index is 669. The zero-order valence-corrected chi connectivity index (χ0v) is 15.9. The van der Waals surface area contributed by atoms with Crippen molar-refractivity contribution in [2.45, 2.75) is 64.7 Å². The van der Waals surface area contributed by atoms with Crippen LogP contribution < -0.4 is 0 Å². The number of esters is 1. The number of ether oxygens (including phenoxy) is 2. The van der Waals surface area contributed by atoms with Crippen molar-refractivity contribution < 1.29 is 14.3 Å². The lowest BCUT2D eigenvalue weighted by molar-refractivity contribution is -0.199. The minimum Gasteiger partial charge on any atom is -0.436 e. The second kappa shape index (κ2) is 8.24. The van der Waals surface area contributed by atoms with Gasteiger partial charge in [0.25, 0.3) is 0 Å². The van der Waals surface area contributed by atoms with Crippen LogP contribution in [0.15, 0.2) is 24.3 Å². The molecule has 0 heterocycles. The fourth-order valence-corrected chi connectivity index (χ4v) is 4.09. The minimum atomic E-state index is -0.566. The van der Waals surface area contributed by atoms with Crippen LogP contribution in [-0.4, -0.2) is 30.4 Å². The molecule has 0 spiro atoms. The molecule has 3 rings (SSSR count). The smallest absolute Gasteiger partial charge is 0.314 e. The predicted molar refractivity (Wildman–Crippen MR) is 101 cm³/mol. The Morgan fingerprint density at radius 3 is 2.85 bits per heavy atom. The molecule has 140 valence electrons. The van der Waals surface area contributed by atoms with Crippen molar-refractivity contribution in [3.8, 4) is 12.3 Å². The first-order valence-corrected chi connectivity index (χ1v) is 9.67. The van der Waals surface area contributed by atoms with Crippen LogP contribution >= 0.6 is 0 Å². The van der Waals surface area contributed by atoms with E-state index in [1.807, 2.05) is 0 Å². The van der Waals surface area contributed by atoms with Gasteiger partial charge in [-0.3, -0.25) is 9.69 Å².